The number of aliphatic hydroxyl groups is 1. The first kappa shape index (κ1) is 15.7. The van der Waals surface area contributed by atoms with Crippen molar-refractivity contribution in [3.63, 3.8) is 0 Å². The first-order valence-corrected chi connectivity index (χ1v) is 6.53. The summed E-state index contributed by atoms with van der Waals surface area (Å²) in [6.07, 6.45) is 1.70. The van der Waals surface area contributed by atoms with Crippen molar-refractivity contribution in [2.24, 2.45) is 0 Å². The Morgan fingerprint density at radius 3 is 2.58 bits per heavy atom. The number of nitrogens with zero attached hydrogens (tertiary/aromatic N) is 2. The molecule has 0 fully saturated rings. The SMILES string of the molecule is CNc1ncnc(NCCC(O)COC)c1C(C)C. The number of aliphatic hydroxyl groups excluding tert-OH is 1. The maximum Gasteiger partial charge on any atom is 0.134 e. The molecule has 0 radical (unpaired) electrons. The van der Waals surface area contributed by atoms with E-state index in [1.54, 1.807) is 7.11 Å². The Balaban J connectivity index is 2.67. The number of hydrogen-bond acceptors (Lipinski definition) is 6. The largest absolute Gasteiger partial charge is 0.391 e. The monoisotopic (exact) mass is 268 g/mol. The highest BCUT2D eigenvalue weighted by molar-refractivity contribution is 5.58. The summed E-state index contributed by atoms with van der Waals surface area (Å²) in [5.41, 5.74) is 1.06. The van der Waals surface area contributed by atoms with Gasteiger partial charge in [-0.1, -0.05) is 13.8 Å². The quantitative estimate of drug-likeness (QED) is 0.662. The summed E-state index contributed by atoms with van der Waals surface area (Å²) >= 11 is 0. The number of nitrogens with one attached hydrogen (secondary N) is 2. The van der Waals surface area contributed by atoms with Crippen molar-refractivity contribution in [1.29, 1.82) is 0 Å². The highest BCUT2D eigenvalue weighted by atomic mass is 16.5. The predicted molar refractivity (Wildman–Crippen MR) is 76.7 cm³/mol. The Hall–Kier alpha value is -1.40. The number of aromatic nitrogens is 2. The second-order valence-corrected chi connectivity index (χ2v) is 4.71. The molecule has 0 bridgehead atoms. The summed E-state index contributed by atoms with van der Waals surface area (Å²) in [6.45, 7) is 5.20. The molecule has 1 aromatic heterocycles. The van der Waals surface area contributed by atoms with Crippen LogP contribution in [0.25, 0.3) is 0 Å². The van der Waals surface area contributed by atoms with Crippen LogP contribution in [0.4, 0.5) is 11.6 Å². The number of hydrogen-bond donors (Lipinski definition) is 3. The third-order valence-electron chi connectivity index (χ3n) is 2.83. The molecule has 0 aliphatic heterocycles. The van der Waals surface area contributed by atoms with Crippen LogP contribution in [0.1, 0.15) is 31.7 Å². The fraction of sp³-hybridized carbons (Fsp3) is 0.692. The average molecular weight is 268 g/mol. The molecule has 6 nitrogen and oxygen atoms in total. The molecule has 108 valence electrons. The normalized spacial score (nSPS) is 12.5. The minimum absolute atomic E-state index is 0.315. The van der Waals surface area contributed by atoms with Crippen LogP contribution in [0.15, 0.2) is 6.33 Å². The van der Waals surface area contributed by atoms with E-state index < -0.39 is 6.10 Å². The zero-order chi connectivity index (χ0) is 14.3. The van der Waals surface area contributed by atoms with Crippen molar-refractivity contribution >= 4 is 11.6 Å². The van der Waals surface area contributed by atoms with E-state index in [9.17, 15) is 5.11 Å². The highest BCUT2D eigenvalue weighted by Gasteiger charge is 2.14. The van der Waals surface area contributed by atoms with Gasteiger partial charge in [0.05, 0.1) is 12.7 Å². The van der Waals surface area contributed by atoms with Gasteiger partial charge in [0.1, 0.15) is 18.0 Å². The Morgan fingerprint density at radius 1 is 1.32 bits per heavy atom. The van der Waals surface area contributed by atoms with E-state index in [0.717, 1.165) is 17.2 Å². The number of rotatable bonds is 8. The molecular formula is C13H24N4O2. The second kappa shape index (κ2) is 7.91. The third kappa shape index (κ3) is 4.65. The van der Waals surface area contributed by atoms with Gasteiger partial charge in [0.2, 0.25) is 0 Å². The zero-order valence-electron chi connectivity index (χ0n) is 12.1. The van der Waals surface area contributed by atoms with Crippen molar-refractivity contribution < 1.29 is 9.84 Å². The zero-order valence-corrected chi connectivity index (χ0v) is 12.1. The molecule has 1 heterocycles. The molecule has 0 spiro atoms. The average Bonchev–Trinajstić information content (AvgIpc) is 2.38. The predicted octanol–water partition coefficient (Wildman–Crippen LogP) is 1.45. The minimum Gasteiger partial charge on any atom is -0.391 e. The molecule has 6 heteroatoms. The first-order chi connectivity index (χ1) is 9.10. The molecule has 3 N–H and O–H groups in total. The van der Waals surface area contributed by atoms with E-state index >= 15 is 0 Å². The molecule has 1 rings (SSSR count). The molecule has 0 aromatic carbocycles. The van der Waals surface area contributed by atoms with Gasteiger partial charge >= 0.3 is 0 Å². The lowest BCUT2D eigenvalue weighted by Crippen LogP contribution is -2.19. The summed E-state index contributed by atoms with van der Waals surface area (Å²) in [7, 11) is 3.43. The van der Waals surface area contributed by atoms with Gasteiger partial charge in [-0.05, 0) is 12.3 Å². The maximum atomic E-state index is 9.60. The van der Waals surface area contributed by atoms with Crippen LogP contribution in [0.3, 0.4) is 0 Å². The van der Waals surface area contributed by atoms with Crippen LogP contribution < -0.4 is 10.6 Å². The highest BCUT2D eigenvalue weighted by Crippen LogP contribution is 2.27. The number of ether oxygens (including phenoxy) is 1. The maximum absolute atomic E-state index is 9.60. The van der Waals surface area contributed by atoms with E-state index in [0.29, 0.717) is 25.5 Å². The fourth-order valence-corrected chi connectivity index (χ4v) is 1.92. The van der Waals surface area contributed by atoms with Gasteiger partial charge in [-0.2, -0.15) is 0 Å². The molecule has 19 heavy (non-hydrogen) atoms. The standard InChI is InChI=1S/C13H24N4O2/c1-9(2)11-12(14-3)16-8-17-13(11)15-6-5-10(18)7-19-4/h8-10,18H,5-7H2,1-4H3,(H2,14,15,16,17). The van der Waals surface area contributed by atoms with Crippen LogP contribution in [-0.4, -0.2) is 48.5 Å². The van der Waals surface area contributed by atoms with Crippen LogP contribution in [0, 0.1) is 0 Å². The van der Waals surface area contributed by atoms with Gasteiger partial charge in [-0.25, -0.2) is 9.97 Å². The van der Waals surface area contributed by atoms with E-state index in [2.05, 4.69) is 34.4 Å². The Kier molecular flexibility index (Phi) is 6.52. The molecule has 0 aliphatic rings. The van der Waals surface area contributed by atoms with Crippen molar-refractivity contribution in [3.8, 4) is 0 Å². The Labute approximate surface area is 114 Å². The molecule has 0 saturated heterocycles. The van der Waals surface area contributed by atoms with E-state index in [-0.39, 0.29) is 0 Å². The van der Waals surface area contributed by atoms with Crippen molar-refractivity contribution in [3.05, 3.63) is 11.9 Å². The topological polar surface area (TPSA) is 79.3 Å². The van der Waals surface area contributed by atoms with E-state index in [1.165, 1.54) is 6.33 Å². The van der Waals surface area contributed by atoms with E-state index in [1.807, 2.05) is 7.05 Å². The Morgan fingerprint density at radius 2 is 2.00 bits per heavy atom. The summed E-state index contributed by atoms with van der Waals surface area (Å²) in [5.74, 6) is 1.97. The Bertz CT molecular complexity index is 385. The lowest BCUT2D eigenvalue weighted by atomic mass is 10.0. The molecule has 0 amide bonds. The van der Waals surface area contributed by atoms with E-state index in [4.69, 9.17) is 4.74 Å². The van der Waals surface area contributed by atoms with Crippen LogP contribution >= 0.6 is 0 Å². The number of methoxy groups -OCH3 is 1. The van der Waals surface area contributed by atoms with Gasteiger partial charge in [-0.3, -0.25) is 0 Å². The van der Waals surface area contributed by atoms with Gasteiger partial charge < -0.3 is 20.5 Å². The summed E-state index contributed by atoms with van der Waals surface area (Å²) in [6, 6.07) is 0. The van der Waals surface area contributed by atoms with Gasteiger partial charge in [0.25, 0.3) is 0 Å². The van der Waals surface area contributed by atoms with Crippen LogP contribution in [0.5, 0.6) is 0 Å². The number of anilines is 2. The van der Waals surface area contributed by atoms with Gasteiger partial charge in [0.15, 0.2) is 0 Å². The van der Waals surface area contributed by atoms with Crippen LogP contribution in [-0.2, 0) is 4.74 Å². The second-order valence-electron chi connectivity index (χ2n) is 4.71. The molecule has 1 aromatic rings. The molecule has 1 atom stereocenters. The first-order valence-electron chi connectivity index (χ1n) is 6.53. The lowest BCUT2D eigenvalue weighted by Gasteiger charge is -2.17. The molecule has 0 saturated carbocycles. The summed E-state index contributed by atoms with van der Waals surface area (Å²) < 4.78 is 4.89. The summed E-state index contributed by atoms with van der Waals surface area (Å²) in [4.78, 5) is 8.50. The third-order valence-corrected chi connectivity index (χ3v) is 2.83. The molecular weight excluding hydrogens is 244 g/mol. The van der Waals surface area contributed by atoms with Crippen molar-refractivity contribution in [2.45, 2.75) is 32.3 Å². The molecule has 1 unspecified atom stereocenters. The van der Waals surface area contributed by atoms with Crippen LogP contribution in [0.2, 0.25) is 0 Å². The minimum atomic E-state index is -0.453. The van der Waals surface area contributed by atoms with Gasteiger partial charge in [-0.15, -0.1) is 0 Å². The molecule has 0 aliphatic carbocycles. The fourth-order valence-electron chi connectivity index (χ4n) is 1.92. The summed E-state index contributed by atoms with van der Waals surface area (Å²) in [5, 5.41) is 15.9. The van der Waals surface area contributed by atoms with Crippen molar-refractivity contribution in [2.75, 3.05) is 37.9 Å². The lowest BCUT2D eigenvalue weighted by molar-refractivity contribution is 0.0615. The van der Waals surface area contributed by atoms with Gasteiger partial charge in [0, 0.05) is 26.3 Å². The van der Waals surface area contributed by atoms with Crippen molar-refractivity contribution in [1.82, 2.24) is 9.97 Å². The smallest absolute Gasteiger partial charge is 0.134 e.